The Labute approximate surface area is 156 Å². The minimum Gasteiger partial charge on any atom is -0.393 e. The molecule has 4 rings (SSSR count). The summed E-state index contributed by atoms with van der Waals surface area (Å²) in [4.78, 5) is 19.7. The average Bonchev–Trinajstić information content (AvgIpc) is 3.27. The molecule has 1 saturated heterocycles. The van der Waals surface area contributed by atoms with Crippen LogP contribution < -0.4 is 0 Å². The number of pyridine rings is 1. The number of likely N-dealkylation sites (tertiary alicyclic amines) is 1. The van der Waals surface area contributed by atoms with Gasteiger partial charge in [-0.15, -0.1) is 11.3 Å². The van der Waals surface area contributed by atoms with Crippen LogP contribution in [0.5, 0.6) is 0 Å². The second kappa shape index (κ2) is 6.85. The number of carbonyl (C=O) groups is 1. The van der Waals surface area contributed by atoms with Crippen LogP contribution >= 0.6 is 11.3 Å². The molecule has 3 aromatic heterocycles. The van der Waals surface area contributed by atoms with Crippen molar-refractivity contribution >= 4 is 22.8 Å². The monoisotopic (exact) mass is 369 g/mol. The van der Waals surface area contributed by atoms with Gasteiger partial charge in [0.2, 0.25) is 0 Å². The molecule has 1 aliphatic rings. The van der Waals surface area contributed by atoms with Gasteiger partial charge in [-0.2, -0.15) is 0 Å². The van der Waals surface area contributed by atoms with E-state index in [9.17, 15) is 9.90 Å². The number of hydrogen-bond donors (Lipinski definition) is 1. The summed E-state index contributed by atoms with van der Waals surface area (Å²) in [5.74, 6) is 0.423. The first-order chi connectivity index (χ1) is 12.5. The van der Waals surface area contributed by atoms with Crippen molar-refractivity contribution in [2.45, 2.75) is 38.7 Å². The molecule has 0 saturated carbocycles. The molecule has 5 nitrogen and oxygen atoms in total. The van der Waals surface area contributed by atoms with Crippen molar-refractivity contribution in [3.05, 3.63) is 46.4 Å². The highest BCUT2D eigenvalue weighted by molar-refractivity contribution is 7.10. The molecule has 0 aromatic carbocycles. The number of thiazole rings is 1. The highest BCUT2D eigenvalue weighted by Gasteiger charge is 2.25. The fourth-order valence-corrected chi connectivity index (χ4v) is 4.26. The number of aromatic nitrogens is 2. The fraction of sp³-hybridized carbons (Fsp3) is 0.400. The third-order valence-electron chi connectivity index (χ3n) is 4.94. The standard InChI is InChI=1S/C20H23N3O2S/c1-13(2)19-21-16(12-26-19)18-11-15(17-5-3-4-8-23(17)18)20(25)22-9-6-14(24)7-10-22/h3-5,8,11-14,24H,6-7,9-10H2,1-2H3. The van der Waals surface area contributed by atoms with Crippen LogP contribution in [-0.2, 0) is 0 Å². The Morgan fingerprint density at radius 2 is 2.08 bits per heavy atom. The second-order valence-electron chi connectivity index (χ2n) is 7.15. The minimum absolute atomic E-state index is 0.0335. The molecule has 1 N–H and O–H groups in total. The van der Waals surface area contributed by atoms with Gasteiger partial charge in [0.05, 0.1) is 33.6 Å². The molecular weight excluding hydrogens is 346 g/mol. The molecule has 3 aromatic rings. The van der Waals surface area contributed by atoms with Crippen LogP contribution in [0.4, 0.5) is 0 Å². The summed E-state index contributed by atoms with van der Waals surface area (Å²) in [6.45, 7) is 5.48. The van der Waals surface area contributed by atoms with Crippen molar-refractivity contribution in [1.82, 2.24) is 14.3 Å². The van der Waals surface area contributed by atoms with Gasteiger partial charge in [-0.3, -0.25) is 4.79 Å². The maximum absolute atomic E-state index is 13.1. The molecule has 1 fully saturated rings. The van der Waals surface area contributed by atoms with E-state index in [2.05, 4.69) is 19.2 Å². The van der Waals surface area contributed by atoms with E-state index >= 15 is 0 Å². The highest BCUT2D eigenvalue weighted by atomic mass is 32.1. The van der Waals surface area contributed by atoms with Gasteiger partial charge in [-0.05, 0) is 31.0 Å². The molecule has 0 unspecified atom stereocenters. The molecule has 136 valence electrons. The number of carbonyl (C=O) groups excluding carboxylic acids is 1. The van der Waals surface area contributed by atoms with Gasteiger partial charge in [-0.1, -0.05) is 19.9 Å². The summed E-state index contributed by atoms with van der Waals surface area (Å²) in [5.41, 5.74) is 3.46. The Balaban J connectivity index is 1.75. The van der Waals surface area contributed by atoms with E-state index in [0.29, 0.717) is 37.4 Å². The lowest BCUT2D eigenvalue weighted by Crippen LogP contribution is -2.40. The smallest absolute Gasteiger partial charge is 0.256 e. The summed E-state index contributed by atoms with van der Waals surface area (Å²) in [7, 11) is 0. The van der Waals surface area contributed by atoms with Crippen LogP contribution in [0.15, 0.2) is 35.8 Å². The van der Waals surface area contributed by atoms with Gasteiger partial charge in [-0.25, -0.2) is 4.98 Å². The number of amides is 1. The lowest BCUT2D eigenvalue weighted by atomic mass is 10.1. The SMILES string of the molecule is CC(C)c1nc(-c2cc(C(=O)N3CCC(O)CC3)c3ccccn23)cs1. The zero-order valence-electron chi connectivity index (χ0n) is 15.1. The highest BCUT2D eigenvalue weighted by Crippen LogP contribution is 2.30. The van der Waals surface area contributed by atoms with E-state index in [1.54, 1.807) is 11.3 Å². The lowest BCUT2D eigenvalue weighted by Gasteiger charge is -2.29. The number of piperidine rings is 1. The summed E-state index contributed by atoms with van der Waals surface area (Å²) in [6, 6.07) is 7.86. The number of hydrogen-bond acceptors (Lipinski definition) is 4. The molecule has 6 heteroatoms. The minimum atomic E-state index is -0.287. The van der Waals surface area contributed by atoms with E-state index in [-0.39, 0.29) is 12.0 Å². The average molecular weight is 369 g/mol. The molecule has 1 amide bonds. The maximum Gasteiger partial charge on any atom is 0.256 e. The quantitative estimate of drug-likeness (QED) is 0.764. The van der Waals surface area contributed by atoms with Crippen LogP contribution in [0.25, 0.3) is 16.9 Å². The molecule has 4 heterocycles. The van der Waals surface area contributed by atoms with Crippen molar-refractivity contribution < 1.29 is 9.90 Å². The predicted octanol–water partition coefficient (Wildman–Crippen LogP) is 3.78. The molecule has 0 spiro atoms. The van der Waals surface area contributed by atoms with Gasteiger partial charge >= 0.3 is 0 Å². The zero-order valence-corrected chi connectivity index (χ0v) is 15.9. The fourth-order valence-electron chi connectivity index (χ4n) is 3.43. The molecule has 26 heavy (non-hydrogen) atoms. The van der Waals surface area contributed by atoms with Gasteiger partial charge in [0.25, 0.3) is 5.91 Å². The Kier molecular flexibility index (Phi) is 4.54. The third kappa shape index (κ3) is 3.04. The van der Waals surface area contributed by atoms with Crippen LogP contribution in [0.3, 0.4) is 0 Å². The maximum atomic E-state index is 13.1. The number of rotatable bonds is 3. The van der Waals surface area contributed by atoms with Gasteiger partial charge in [0.1, 0.15) is 0 Å². The van der Waals surface area contributed by atoms with Gasteiger partial charge < -0.3 is 14.4 Å². The van der Waals surface area contributed by atoms with Gasteiger partial charge in [0, 0.05) is 30.6 Å². The molecular formula is C20H23N3O2S. The molecule has 1 aliphatic heterocycles. The Bertz CT molecular complexity index is 936. The Hall–Kier alpha value is -2.18. The van der Waals surface area contributed by atoms with E-state index in [4.69, 9.17) is 4.98 Å². The Morgan fingerprint density at radius 1 is 1.31 bits per heavy atom. The topological polar surface area (TPSA) is 57.8 Å². The Morgan fingerprint density at radius 3 is 2.77 bits per heavy atom. The van der Waals surface area contributed by atoms with Crippen molar-refractivity contribution in [1.29, 1.82) is 0 Å². The van der Waals surface area contributed by atoms with Crippen LogP contribution in [-0.4, -0.2) is 44.5 Å². The van der Waals surface area contributed by atoms with Crippen LogP contribution in [0.1, 0.15) is 48.0 Å². The summed E-state index contributed by atoms with van der Waals surface area (Å²) in [5, 5.41) is 12.9. The van der Waals surface area contributed by atoms with Gasteiger partial charge in [0.15, 0.2) is 0 Å². The van der Waals surface area contributed by atoms with Crippen LogP contribution in [0, 0.1) is 0 Å². The molecule has 0 radical (unpaired) electrons. The molecule has 0 atom stereocenters. The predicted molar refractivity (Wildman–Crippen MR) is 104 cm³/mol. The zero-order chi connectivity index (χ0) is 18.3. The summed E-state index contributed by atoms with van der Waals surface area (Å²) in [6.07, 6.45) is 2.99. The second-order valence-corrected chi connectivity index (χ2v) is 8.04. The normalized spacial score (nSPS) is 15.9. The van der Waals surface area contributed by atoms with E-state index < -0.39 is 0 Å². The van der Waals surface area contributed by atoms with Crippen molar-refractivity contribution in [3.8, 4) is 11.4 Å². The molecule has 0 bridgehead atoms. The lowest BCUT2D eigenvalue weighted by molar-refractivity contribution is 0.0548. The van der Waals surface area contributed by atoms with E-state index in [0.717, 1.165) is 21.9 Å². The number of nitrogens with zero attached hydrogens (tertiary/aromatic N) is 3. The first-order valence-electron chi connectivity index (χ1n) is 9.08. The first kappa shape index (κ1) is 17.2. The van der Waals surface area contributed by atoms with Crippen LogP contribution in [0.2, 0.25) is 0 Å². The summed E-state index contributed by atoms with van der Waals surface area (Å²) < 4.78 is 2.05. The number of aliphatic hydroxyl groups excluding tert-OH is 1. The number of fused-ring (bicyclic) bond motifs is 1. The number of aliphatic hydroxyl groups is 1. The van der Waals surface area contributed by atoms with Crippen molar-refractivity contribution in [3.63, 3.8) is 0 Å². The first-order valence-corrected chi connectivity index (χ1v) is 9.96. The van der Waals surface area contributed by atoms with Crippen molar-refractivity contribution in [2.75, 3.05) is 13.1 Å². The largest absolute Gasteiger partial charge is 0.393 e. The van der Waals surface area contributed by atoms with E-state index in [1.807, 2.05) is 39.8 Å². The molecule has 0 aliphatic carbocycles. The van der Waals surface area contributed by atoms with E-state index in [1.165, 1.54) is 0 Å². The van der Waals surface area contributed by atoms with Crippen molar-refractivity contribution in [2.24, 2.45) is 0 Å². The summed E-state index contributed by atoms with van der Waals surface area (Å²) >= 11 is 1.66. The third-order valence-corrected chi connectivity index (χ3v) is 6.08.